The minimum Gasteiger partial charge on any atom is -0.340 e. The fourth-order valence-corrected chi connectivity index (χ4v) is 6.72. The molecule has 1 aromatic heterocycles. The summed E-state index contributed by atoms with van der Waals surface area (Å²) in [6.07, 6.45) is -10.6. The van der Waals surface area contributed by atoms with Gasteiger partial charge in [0, 0.05) is 24.8 Å². The number of benzene rings is 2. The molecular formula is C25H19F8N3O3S. The van der Waals surface area contributed by atoms with E-state index in [4.69, 9.17) is 0 Å². The predicted octanol–water partition coefficient (Wildman–Crippen LogP) is 5.05. The quantitative estimate of drug-likeness (QED) is 0.295. The van der Waals surface area contributed by atoms with Crippen LogP contribution in [0.2, 0.25) is 0 Å². The molecule has 1 saturated heterocycles. The van der Waals surface area contributed by atoms with Gasteiger partial charge in [-0.2, -0.15) is 36.5 Å². The molecule has 0 unspecified atom stereocenters. The van der Waals surface area contributed by atoms with Gasteiger partial charge in [-0.25, -0.2) is 17.2 Å². The monoisotopic (exact) mass is 593 g/mol. The van der Waals surface area contributed by atoms with Gasteiger partial charge in [0.05, 0.1) is 17.5 Å². The van der Waals surface area contributed by atoms with Crippen LogP contribution in [0, 0.1) is 5.82 Å². The molecule has 40 heavy (non-hydrogen) atoms. The fraction of sp³-hybridized carbons (Fsp3) is 0.320. The first-order chi connectivity index (χ1) is 18.5. The summed E-state index contributed by atoms with van der Waals surface area (Å²) in [7, 11) is -4.54. The number of halogens is 8. The van der Waals surface area contributed by atoms with Crippen LogP contribution in [-0.4, -0.2) is 54.9 Å². The maximum atomic E-state index is 14.6. The summed E-state index contributed by atoms with van der Waals surface area (Å²) in [5.74, 6) is -1.29. The Morgan fingerprint density at radius 1 is 0.875 bits per heavy atom. The van der Waals surface area contributed by atoms with E-state index in [1.807, 2.05) is 0 Å². The lowest BCUT2D eigenvalue weighted by atomic mass is 9.90. The summed E-state index contributed by atoms with van der Waals surface area (Å²) >= 11 is 0. The average molecular weight is 593 g/mol. The standard InChI is InChI=1S/C25H19F8N3O3S/c26-19-5-7-20(8-6-19)40(38,39)22(10-12-36(15-22)21(37)13-16-9-11-34-35-14-16)17-1-3-18(4-2-17)23(27,24(28,29)30)25(31,32)33/h1-9,11,14H,10,12-13,15H2/t22-/m0/s1. The van der Waals surface area contributed by atoms with Gasteiger partial charge in [-0.05, 0) is 47.9 Å². The third kappa shape index (κ3) is 4.90. The Bertz CT molecular complexity index is 1460. The minimum atomic E-state index is -6.36. The Balaban J connectivity index is 1.79. The van der Waals surface area contributed by atoms with Crippen LogP contribution >= 0.6 is 0 Å². The lowest BCUT2D eigenvalue weighted by molar-refractivity contribution is -0.348. The zero-order chi connectivity index (χ0) is 29.6. The van der Waals surface area contributed by atoms with E-state index in [1.165, 1.54) is 23.4 Å². The number of alkyl halides is 7. The van der Waals surface area contributed by atoms with Crippen LogP contribution in [-0.2, 0) is 31.5 Å². The van der Waals surface area contributed by atoms with E-state index in [0.29, 0.717) is 17.7 Å². The third-order valence-electron chi connectivity index (χ3n) is 6.81. The summed E-state index contributed by atoms with van der Waals surface area (Å²) in [5.41, 5.74) is -7.31. The number of aromatic nitrogens is 2. The molecule has 1 aliphatic heterocycles. The maximum absolute atomic E-state index is 14.6. The Kier molecular flexibility index (Phi) is 7.41. The van der Waals surface area contributed by atoms with Gasteiger partial charge in [0.1, 0.15) is 10.6 Å². The van der Waals surface area contributed by atoms with Crippen LogP contribution in [0.15, 0.2) is 71.9 Å². The summed E-state index contributed by atoms with van der Waals surface area (Å²) < 4.78 is 133. The van der Waals surface area contributed by atoms with E-state index in [2.05, 4.69) is 10.2 Å². The highest BCUT2D eigenvalue weighted by Crippen LogP contribution is 2.53. The van der Waals surface area contributed by atoms with Gasteiger partial charge in [0.15, 0.2) is 9.84 Å². The summed E-state index contributed by atoms with van der Waals surface area (Å²) in [5, 5.41) is 7.24. The highest BCUT2D eigenvalue weighted by molar-refractivity contribution is 7.92. The number of amides is 1. The second kappa shape index (κ2) is 10.1. The van der Waals surface area contributed by atoms with Crippen molar-refractivity contribution in [1.29, 1.82) is 0 Å². The first-order valence-electron chi connectivity index (χ1n) is 11.5. The number of sulfone groups is 1. The molecule has 0 saturated carbocycles. The van der Waals surface area contributed by atoms with Crippen molar-refractivity contribution >= 4 is 15.7 Å². The van der Waals surface area contributed by atoms with Crippen molar-refractivity contribution in [1.82, 2.24) is 15.1 Å². The molecule has 1 amide bonds. The first kappa shape index (κ1) is 29.4. The Labute approximate surface area is 222 Å². The normalized spacial score (nSPS) is 18.6. The topological polar surface area (TPSA) is 80.2 Å². The molecule has 1 atom stereocenters. The molecule has 3 aromatic rings. The van der Waals surface area contributed by atoms with E-state index >= 15 is 0 Å². The van der Waals surface area contributed by atoms with Crippen LogP contribution < -0.4 is 0 Å². The molecule has 0 radical (unpaired) electrons. The summed E-state index contributed by atoms with van der Waals surface area (Å²) in [4.78, 5) is 13.8. The smallest absolute Gasteiger partial charge is 0.340 e. The molecule has 1 fully saturated rings. The molecule has 0 N–H and O–H groups in total. The van der Waals surface area contributed by atoms with Crippen molar-refractivity contribution in [3.8, 4) is 0 Å². The molecule has 0 aliphatic carbocycles. The predicted molar refractivity (Wildman–Crippen MR) is 124 cm³/mol. The van der Waals surface area contributed by atoms with Crippen molar-refractivity contribution in [3.63, 3.8) is 0 Å². The van der Waals surface area contributed by atoms with Gasteiger partial charge < -0.3 is 4.90 Å². The SMILES string of the molecule is O=C(Cc1ccnnc1)N1CC[C@](c2ccc(C(F)(C(F)(F)F)C(F)(F)F)cc2)(S(=O)(=O)c2ccc(F)cc2)C1. The van der Waals surface area contributed by atoms with Crippen LogP contribution in [0.5, 0.6) is 0 Å². The van der Waals surface area contributed by atoms with Gasteiger partial charge in [-0.15, -0.1) is 0 Å². The number of carbonyl (C=O) groups is 1. The van der Waals surface area contributed by atoms with Gasteiger partial charge in [-0.3, -0.25) is 4.79 Å². The third-order valence-corrected chi connectivity index (χ3v) is 9.30. The van der Waals surface area contributed by atoms with Gasteiger partial charge in [0.2, 0.25) is 5.91 Å². The van der Waals surface area contributed by atoms with E-state index in [0.717, 1.165) is 24.3 Å². The molecule has 4 rings (SSSR count). The molecule has 2 heterocycles. The molecule has 0 spiro atoms. The number of hydrogen-bond donors (Lipinski definition) is 0. The van der Waals surface area contributed by atoms with Crippen molar-refractivity contribution in [2.24, 2.45) is 0 Å². The van der Waals surface area contributed by atoms with Crippen molar-refractivity contribution in [2.75, 3.05) is 13.1 Å². The van der Waals surface area contributed by atoms with Crippen LogP contribution in [0.1, 0.15) is 23.1 Å². The highest BCUT2D eigenvalue weighted by Gasteiger charge is 2.73. The van der Waals surface area contributed by atoms with Crippen molar-refractivity contribution in [2.45, 2.75) is 40.5 Å². The van der Waals surface area contributed by atoms with Crippen molar-refractivity contribution in [3.05, 3.63) is 89.5 Å². The summed E-state index contributed by atoms with van der Waals surface area (Å²) in [6.45, 7) is -0.666. The average Bonchev–Trinajstić information content (AvgIpc) is 3.36. The first-order valence-corrected chi connectivity index (χ1v) is 13.0. The number of hydrogen-bond acceptors (Lipinski definition) is 5. The molecular weight excluding hydrogens is 574 g/mol. The second-order valence-electron chi connectivity index (χ2n) is 9.18. The van der Waals surface area contributed by atoms with E-state index in [1.54, 1.807) is 0 Å². The number of likely N-dealkylation sites (tertiary alicyclic amines) is 1. The largest absolute Gasteiger partial charge is 0.435 e. The summed E-state index contributed by atoms with van der Waals surface area (Å²) in [6, 6.07) is 6.93. The maximum Gasteiger partial charge on any atom is 0.435 e. The Morgan fingerprint density at radius 3 is 2.00 bits per heavy atom. The van der Waals surface area contributed by atoms with Crippen molar-refractivity contribution < 1.29 is 48.3 Å². The van der Waals surface area contributed by atoms with E-state index < -0.39 is 61.3 Å². The molecule has 6 nitrogen and oxygen atoms in total. The zero-order valence-electron chi connectivity index (χ0n) is 20.2. The fourth-order valence-electron chi connectivity index (χ4n) is 4.65. The van der Waals surface area contributed by atoms with Crippen LogP contribution in [0.25, 0.3) is 0 Å². The lowest BCUT2D eigenvalue weighted by Gasteiger charge is -2.32. The van der Waals surface area contributed by atoms with Crippen LogP contribution in [0.4, 0.5) is 35.1 Å². The zero-order valence-corrected chi connectivity index (χ0v) is 21.0. The lowest BCUT2D eigenvalue weighted by Crippen LogP contribution is -2.50. The van der Waals surface area contributed by atoms with E-state index in [-0.39, 0.29) is 37.1 Å². The van der Waals surface area contributed by atoms with Gasteiger partial charge >= 0.3 is 18.0 Å². The van der Waals surface area contributed by atoms with Gasteiger partial charge in [0.25, 0.3) is 0 Å². The number of carbonyl (C=O) groups excluding carboxylic acids is 1. The molecule has 1 aliphatic rings. The molecule has 0 bridgehead atoms. The van der Waals surface area contributed by atoms with E-state index in [9.17, 15) is 48.3 Å². The molecule has 15 heteroatoms. The second-order valence-corrected chi connectivity index (χ2v) is 11.4. The number of nitrogens with zero attached hydrogens (tertiary/aromatic N) is 3. The molecule has 2 aromatic carbocycles. The Morgan fingerprint density at radius 2 is 1.48 bits per heavy atom. The van der Waals surface area contributed by atoms with Crippen LogP contribution in [0.3, 0.4) is 0 Å². The highest BCUT2D eigenvalue weighted by atomic mass is 32.2. The number of rotatable bonds is 6. The minimum absolute atomic E-state index is 0.141. The van der Waals surface area contributed by atoms with Gasteiger partial charge in [-0.1, -0.05) is 24.3 Å². The molecule has 214 valence electrons. The Hall–Kier alpha value is -3.62.